The predicted octanol–water partition coefficient (Wildman–Crippen LogP) is 1.85. The zero-order valence-corrected chi connectivity index (χ0v) is 9.04. The summed E-state index contributed by atoms with van der Waals surface area (Å²) >= 11 is 0. The van der Waals surface area contributed by atoms with Gasteiger partial charge in [0.1, 0.15) is 5.69 Å². The predicted molar refractivity (Wildman–Crippen MR) is 53.9 cm³/mol. The van der Waals surface area contributed by atoms with E-state index in [0.29, 0.717) is 0 Å². The summed E-state index contributed by atoms with van der Waals surface area (Å²) in [5, 5.41) is 0. The number of rotatable bonds is 4. The molecule has 0 unspecified atom stereocenters. The molecule has 0 bridgehead atoms. The molecule has 4 nitrogen and oxygen atoms in total. The fraction of sp³-hybridized carbons (Fsp3) is 0.400. The van der Waals surface area contributed by atoms with E-state index in [1.54, 1.807) is 6.92 Å². The van der Waals surface area contributed by atoms with Gasteiger partial charge >= 0.3 is 5.97 Å². The van der Waals surface area contributed by atoms with Gasteiger partial charge in [0.15, 0.2) is 0 Å². The summed E-state index contributed by atoms with van der Waals surface area (Å²) in [6, 6.07) is 0.973. The topological polar surface area (TPSA) is 65.2 Å². The largest absolute Gasteiger partial charge is 0.466 e. The number of halogens is 3. The Hall–Kier alpha value is -1.79. The van der Waals surface area contributed by atoms with Gasteiger partial charge in [-0.05, 0) is 18.6 Å². The van der Waals surface area contributed by atoms with Crippen molar-refractivity contribution in [2.24, 2.45) is 0 Å². The van der Waals surface area contributed by atoms with E-state index < -0.39 is 30.5 Å². The molecule has 1 aromatic rings. The lowest BCUT2D eigenvalue weighted by atomic mass is 10.1. The lowest BCUT2D eigenvalue weighted by molar-refractivity contribution is -0.142. The van der Waals surface area contributed by atoms with Crippen molar-refractivity contribution < 1.29 is 22.7 Å². The zero-order chi connectivity index (χ0) is 13.0. The first-order chi connectivity index (χ1) is 7.95. The number of hydrogen-bond acceptors (Lipinski definition) is 4. The van der Waals surface area contributed by atoms with Crippen LogP contribution in [0.15, 0.2) is 6.07 Å². The van der Waals surface area contributed by atoms with Gasteiger partial charge < -0.3 is 10.5 Å². The summed E-state index contributed by atoms with van der Waals surface area (Å²) in [4.78, 5) is 14.2. The van der Waals surface area contributed by atoms with Crippen molar-refractivity contribution in [3.05, 3.63) is 23.3 Å². The van der Waals surface area contributed by atoms with Crippen LogP contribution in [0.1, 0.15) is 24.6 Å². The number of aromatic nitrogens is 1. The van der Waals surface area contributed by atoms with Crippen LogP contribution in [0.4, 0.5) is 18.9 Å². The average molecular weight is 248 g/mol. The Kier molecular flexibility index (Phi) is 4.30. The summed E-state index contributed by atoms with van der Waals surface area (Å²) in [5.74, 6) is -1.87. The van der Waals surface area contributed by atoms with Crippen molar-refractivity contribution in [3.63, 3.8) is 0 Å². The minimum Gasteiger partial charge on any atom is -0.466 e. The van der Waals surface area contributed by atoms with Crippen molar-refractivity contribution in [3.8, 4) is 0 Å². The second-order valence-electron chi connectivity index (χ2n) is 3.20. The first kappa shape index (κ1) is 13.3. The van der Waals surface area contributed by atoms with Crippen LogP contribution in [0.3, 0.4) is 0 Å². The van der Waals surface area contributed by atoms with Crippen LogP contribution in [0.2, 0.25) is 0 Å². The monoisotopic (exact) mass is 248 g/mol. The Morgan fingerprint density at radius 2 is 2.24 bits per heavy atom. The Labute approximate surface area is 95.6 Å². The Balaban J connectivity index is 3.04. The minimum absolute atomic E-state index is 0.127. The maximum atomic E-state index is 12.9. The fourth-order valence-electron chi connectivity index (χ4n) is 1.26. The molecule has 0 aliphatic carbocycles. The van der Waals surface area contributed by atoms with Crippen LogP contribution in [0.25, 0.3) is 0 Å². The van der Waals surface area contributed by atoms with E-state index in [1.165, 1.54) is 0 Å². The lowest BCUT2D eigenvalue weighted by Gasteiger charge is -2.09. The molecule has 1 aromatic heterocycles. The number of carbonyl (C=O) groups excluding carboxylic acids is 1. The number of esters is 1. The molecule has 0 amide bonds. The first-order valence-electron chi connectivity index (χ1n) is 4.84. The molecule has 0 aliphatic heterocycles. The molecule has 94 valence electrons. The maximum Gasteiger partial charge on any atom is 0.310 e. The standard InChI is InChI=1S/C10H11F3N2O2/c1-2-17-7(16)4-5-3-6(14)10(13)15-8(5)9(11)12/h3,9H,2,4,14H2,1H3. The van der Waals surface area contributed by atoms with Gasteiger partial charge in [-0.15, -0.1) is 0 Å². The summed E-state index contributed by atoms with van der Waals surface area (Å²) in [5.41, 5.74) is 3.91. The van der Waals surface area contributed by atoms with E-state index in [1.807, 2.05) is 0 Å². The number of nitrogens with zero attached hydrogens (tertiary/aromatic N) is 1. The smallest absolute Gasteiger partial charge is 0.310 e. The second-order valence-corrected chi connectivity index (χ2v) is 3.20. The van der Waals surface area contributed by atoms with Gasteiger partial charge in [-0.2, -0.15) is 4.39 Å². The molecule has 1 heterocycles. The third kappa shape index (κ3) is 3.33. The summed E-state index contributed by atoms with van der Waals surface area (Å²) < 4.78 is 42.6. The van der Waals surface area contributed by atoms with Crippen molar-refractivity contribution in [2.75, 3.05) is 12.3 Å². The van der Waals surface area contributed by atoms with Gasteiger partial charge in [0.25, 0.3) is 6.43 Å². The molecule has 2 N–H and O–H groups in total. The first-order valence-corrected chi connectivity index (χ1v) is 4.84. The molecule has 1 rings (SSSR count). The van der Waals surface area contributed by atoms with Crippen LogP contribution in [0.5, 0.6) is 0 Å². The van der Waals surface area contributed by atoms with Crippen molar-refractivity contribution in [1.82, 2.24) is 4.98 Å². The van der Waals surface area contributed by atoms with Crippen LogP contribution in [0, 0.1) is 5.95 Å². The van der Waals surface area contributed by atoms with Gasteiger partial charge in [-0.1, -0.05) is 0 Å². The number of nitrogens with two attached hydrogens (primary N) is 1. The van der Waals surface area contributed by atoms with E-state index in [4.69, 9.17) is 5.73 Å². The highest BCUT2D eigenvalue weighted by atomic mass is 19.3. The molecule has 0 aromatic carbocycles. The molecule has 0 aliphatic rings. The third-order valence-corrected chi connectivity index (χ3v) is 1.96. The van der Waals surface area contributed by atoms with Gasteiger partial charge in [0.05, 0.1) is 18.7 Å². The Morgan fingerprint density at radius 1 is 1.59 bits per heavy atom. The van der Waals surface area contributed by atoms with Gasteiger partial charge in [-0.3, -0.25) is 4.79 Å². The second kappa shape index (κ2) is 5.51. The number of nitrogen functional groups attached to an aromatic ring is 1. The lowest BCUT2D eigenvalue weighted by Crippen LogP contribution is -2.12. The van der Waals surface area contributed by atoms with Gasteiger partial charge in [0, 0.05) is 0 Å². The number of hydrogen-bond donors (Lipinski definition) is 1. The van der Waals surface area contributed by atoms with Gasteiger partial charge in [-0.25, -0.2) is 13.8 Å². The minimum atomic E-state index is -2.98. The summed E-state index contributed by atoms with van der Waals surface area (Å²) in [7, 11) is 0. The van der Waals surface area contributed by atoms with Crippen LogP contribution in [-0.2, 0) is 16.0 Å². The molecule has 0 saturated carbocycles. The SMILES string of the molecule is CCOC(=O)Cc1cc(N)c(F)nc1C(F)F. The Bertz CT molecular complexity index is 424. The number of carbonyl (C=O) groups is 1. The van der Waals surface area contributed by atoms with E-state index >= 15 is 0 Å². The number of pyridine rings is 1. The van der Waals surface area contributed by atoms with Crippen molar-refractivity contribution >= 4 is 11.7 Å². The quantitative estimate of drug-likeness (QED) is 0.652. The molecular weight excluding hydrogens is 237 g/mol. The highest BCUT2D eigenvalue weighted by Gasteiger charge is 2.20. The molecular formula is C10H11F3N2O2. The molecule has 17 heavy (non-hydrogen) atoms. The molecule has 0 saturated heterocycles. The molecule has 7 heteroatoms. The van der Waals surface area contributed by atoms with Gasteiger partial charge in [0.2, 0.25) is 5.95 Å². The van der Waals surface area contributed by atoms with E-state index in [0.717, 1.165) is 6.07 Å². The molecule has 0 fully saturated rings. The van der Waals surface area contributed by atoms with Crippen LogP contribution < -0.4 is 5.73 Å². The fourth-order valence-corrected chi connectivity index (χ4v) is 1.26. The van der Waals surface area contributed by atoms with E-state index in [2.05, 4.69) is 9.72 Å². The number of alkyl halides is 2. The molecule has 0 radical (unpaired) electrons. The summed E-state index contributed by atoms with van der Waals surface area (Å²) in [6.45, 7) is 1.72. The Morgan fingerprint density at radius 3 is 2.76 bits per heavy atom. The summed E-state index contributed by atoms with van der Waals surface area (Å²) in [6.07, 6.45) is -3.39. The molecule has 0 spiro atoms. The average Bonchev–Trinajstić information content (AvgIpc) is 2.23. The number of ether oxygens (including phenoxy) is 1. The zero-order valence-electron chi connectivity index (χ0n) is 9.04. The highest BCUT2D eigenvalue weighted by Crippen LogP contribution is 2.24. The number of anilines is 1. The highest BCUT2D eigenvalue weighted by molar-refractivity contribution is 5.73. The third-order valence-electron chi connectivity index (χ3n) is 1.96. The molecule has 0 atom stereocenters. The van der Waals surface area contributed by atoms with E-state index in [9.17, 15) is 18.0 Å². The van der Waals surface area contributed by atoms with Crippen molar-refractivity contribution in [1.29, 1.82) is 0 Å². The maximum absolute atomic E-state index is 12.9. The van der Waals surface area contributed by atoms with E-state index in [-0.39, 0.29) is 17.9 Å². The van der Waals surface area contributed by atoms with Crippen LogP contribution >= 0.6 is 0 Å². The van der Waals surface area contributed by atoms with Crippen molar-refractivity contribution in [2.45, 2.75) is 19.8 Å². The normalized spacial score (nSPS) is 10.6. The van der Waals surface area contributed by atoms with Crippen LogP contribution in [-0.4, -0.2) is 17.6 Å².